The number of nitrogens with zero attached hydrogens (tertiary/aromatic N) is 4. The third-order valence-corrected chi connectivity index (χ3v) is 5.30. The summed E-state index contributed by atoms with van der Waals surface area (Å²) >= 11 is 0. The fraction of sp³-hybridized carbons (Fsp3) is 0.429. The smallest absolute Gasteiger partial charge is 0.198 e. The van der Waals surface area contributed by atoms with Gasteiger partial charge < -0.3 is 15.1 Å². The van der Waals surface area contributed by atoms with Crippen molar-refractivity contribution in [3.8, 4) is 0 Å². The molecule has 6 heteroatoms. The fourth-order valence-corrected chi connectivity index (χ4v) is 3.90. The van der Waals surface area contributed by atoms with Gasteiger partial charge in [0.1, 0.15) is 5.82 Å². The third kappa shape index (κ3) is 4.54. The number of rotatable bonds is 3. The van der Waals surface area contributed by atoms with E-state index in [1.165, 1.54) is 36.1 Å². The summed E-state index contributed by atoms with van der Waals surface area (Å²) in [5.41, 5.74) is 3.91. The molecular weight excluding hydrogens is 449 g/mol. The highest BCUT2D eigenvalue weighted by molar-refractivity contribution is 14.0. The van der Waals surface area contributed by atoms with E-state index in [1.54, 1.807) is 0 Å². The van der Waals surface area contributed by atoms with Gasteiger partial charge >= 0.3 is 0 Å². The van der Waals surface area contributed by atoms with E-state index in [0.29, 0.717) is 0 Å². The molecule has 2 aliphatic rings. The number of nitrogens with one attached hydrogen (secondary N) is 1. The minimum atomic E-state index is 0. The molecule has 0 amide bonds. The maximum atomic E-state index is 4.58. The van der Waals surface area contributed by atoms with Crippen LogP contribution in [0.25, 0.3) is 0 Å². The summed E-state index contributed by atoms with van der Waals surface area (Å²) in [7, 11) is 1.86. The van der Waals surface area contributed by atoms with Crippen molar-refractivity contribution in [1.82, 2.24) is 10.3 Å². The molecular formula is C21H28IN5. The van der Waals surface area contributed by atoms with Gasteiger partial charge in [0, 0.05) is 45.1 Å². The van der Waals surface area contributed by atoms with Crippen LogP contribution in [0.5, 0.6) is 0 Å². The largest absolute Gasteiger partial charge is 0.357 e. The zero-order chi connectivity index (χ0) is 17.8. The molecule has 3 heterocycles. The summed E-state index contributed by atoms with van der Waals surface area (Å²) in [6.45, 7) is 3.98. The summed E-state index contributed by atoms with van der Waals surface area (Å²) in [5, 5.41) is 3.53. The molecule has 1 aromatic heterocycles. The molecule has 2 aliphatic heterocycles. The van der Waals surface area contributed by atoms with E-state index < -0.39 is 0 Å². The average molecular weight is 477 g/mol. The molecule has 0 spiro atoms. The van der Waals surface area contributed by atoms with Crippen LogP contribution >= 0.6 is 24.0 Å². The number of aromatic nitrogens is 1. The molecule has 1 saturated heterocycles. The van der Waals surface area contributed by atoms with Crippen LogP contribution in [0.1, 0.15) is 30.4 Å². The van der Waals surface area contributed by atoms with Crippen LogP contribution in [0.3, 0.4) is 0 Å². The monoisotopic (exact) mass is 477 g/mol. The quantitative estimate of drug-likeness (QED) is 0.415. The highest BCUT2D eigenvalue weighted by atomic mass is 127. The molecule has 1 fully saturated rings. The minimum Gasteiger partial charge on any atom is -0.357 e. The zero-order valence-electron chi connectivity index (χ0n) is 15.9. The Hall–Kier alpha value is -1.83. The van der Waals surface area contributed by atoms with Gasteiger partial charge in [-0.15, -0.1) is 24.0 Å². The van der Waals surface area contributed by atoms with E-state index in [9.17, 15) is 0 Å². The predicted octanol–water partition coefficient (Wildman–Crippen LogP) is 3.83. The number of halogens is 1. The average Bonchev–Trinajstić information content (AvgIpc) is 3.14. The summed E-state index contributed by atoms with van der Waals surface area (Å²) in [4.78, 5) is 13.8. The van der Waals surface area contributed by atoms with Gasteiger partial charge in [0.2, 0.25) is 0 Å². The van der Waals surface area contributed by atoms with Gasteiger partial charge in [-0.05, 0) is 55.0 Å². The Kier molecular flexibility index (Phi) is 6.93. The van der Waals surface area contributed by atoms with Crippen molar-refractivity contribution in [1.29, 1.82) is 0 Å². The molecule has 1 N–H and O–H groups in total. The molecule has 5 nitrogen and oxygen atoms in total. The number of pyridine rings is 1. The molecule has 2 aromatic rings. The Balaban J connectivity index is 0.00000210. The second-order valence-electron chi connectivity index (χ2n) is 7.00. The molecule has 27 heavy (non-hydrogen) atoms. The number of hydrogen-bond acceptors (Lipinski definition) is 3. The molecule has 0 saturated carbocycles. The van der Waals surface area contributed by atoms with Crippen LogP contribution in [0.2, 0.25) is 0 Å². The Bertz CT molecular complexity index is 786. The van der Waals surface area contributed by atoms with Crippen LogP contribution in [0, 0.1) is 0 Å². The second-order valence-corrected chi connectivity index (χ2v) is 7.00. The van der Waals surface area contributed by atoms with Crippen LogP contribution < -0.4 is 15.1 Å². The summed E-state index contributed by atoms with van der Waals surface area (Å²) in [6.07, 6.45) is 6.88. The van der Waals surface area contributed by atoms with Gasteiger partial charge in [-0.1, -0.05) is 18.2 Å². The topological polar surface area (TPSA) is 43.8 Å². The van der Waals surface area contributed by atoms with Crippen molar-refractivity contribution in [2.45, 2.75) is 32.2 Å². The Morgan fingerprint density at radius 1 is 1.11 bits per heavy atom. The standard InChI is InChI=1S/C21H27N5.HI/c1-22-21(26-14-10-18-7-3-4-8-19(18)26)24-16-17-9-11-23-20(15-17)25-12-5-2-6-13-25;/h3-4,7-9,11,15H,2,5-6,10,12-14,16H2,1H3,(H,22,24);1H. The molecule has 0 unspecified atom stereocenters. The molecule has 0 atom stereocenters. The maximum Gasteiger partial charge on any atom is 0.198 e. The van der Waals surface area contributed by atoms with Crippen LogP contribution in [0.15, 0.2) is 47.6 Å². The lowest BCUT2D eigenvalue weighted by molar-refractivity contribution is 0.573. The van der Waals surface area contributed by atoms with E-state index in [2.05, 4.69) is 61.5 Å². The van der Waals surface area contributed by atoms with Gasteiger partial charge in [0.25, 0.3) is 0 Å². The number of hydrogen-bond donors (Lipinski definition) is 1. The van der Waals surface area contributed by atoms with Crippen molar-refractivity contribution < 1.29 is 0 Å². The van der Waals surface area contributed by atoms with Gasteiger partial charge in [0.05, 0.1) is 0 Å². The normalized spacial score (nSPS) is 16.7. The van der Waals surface area contributed by atoms with E-state index in [0.717, 1.165) is 44.4 Å². The van der Waals surface area contributed by atoms with Gasteiger partial charge in [-0.3, -0.25) is 4.99 Å². The molecule has 0 bridgehead atoms. The first-order valence-electron chi connectivity index (χ1n) is 9.61. The Morgan fingerprint density at radius 2 is 1.93 bits per heavy atom. The van der Waals surface area contributed by atoms with Crippen molar-refractivity contribution in [2.24, 2.45) is 4.99 Å². The van der Waals surface area contributed by atoms with Crippen molar-refractivity contribution >= 4 is 41.4 Å². The fourth-order valence-electron chi connectivity index (χ4n) is 3.90. The summed E-state index contributed by atoms with van der Waals surface area (Å²) in [5.74, 6) is 2.04. The van der Waals surface area contributed by atoms with E-state index in [4.69, 9.17) is 0 Å². The van der Waals surface area contributed by atoms with Gasteiger partial charge in [-0.2, -0.15) is 0 Å². The minimum absolute atomic E-state index is 0. The first kappa shape index (κ1) is 19.9. The highest BCUT2D eigenvalue weighted by Gasteiger charge is 2.22. The zero-order valence-corrected chi connectivity index (χ0v) is 18.2. The molecule has 1 aromatic carbocycles. The molecule has 0 radical (unpaired) electrons. The molecule has 0 aliphatic carbocycles. The van der Waals surface area contributed by atoms with E-state index >= 15 is 0 Å². The lowest BCUT2D eigenvalue weighted by Gasteiger charge is -2.28. The van der Waals surface area contributed by atoms with Crippen molar-refractivity contribution in [3.63, 3.8) is 0 Å². The molecule has 144 valence electrons. The Morgan fingerprint density at radius 3 is 2.74 bits per heavy atom. The maximum absolute atomic E-state index is 4.58. The van der Waals surface area contributed by atoms with Gasteiger partial charge in [-0.25, -0.2) is 4.98 Å². The predicted molar refractivity (Wildman–Crippen MR) is 123 cm³/mol. The van der Waals surface area contributed by atoms with Crippen molar-refractivity contribution in [3.05, 3.63) is 53.7 Å². The second kappa shape index (κ2) is 9.39. The van der Waals surface area contributed by atoms with Crippen LogP contribution in [0.4, 0.5) is 11.5 Å². The number of para-hydroxylation sites is 1. The summed E-state index contributed by atoms with van der Waals surface area (Å²) < 4.78 is 0. The number of piperidine rings is 1. The first-order chi connectivity index (χ1) is 12.8. The van der Waals surface area contributed by atoms with Crippen LogP contribution in [-0.4, -0.2) is 37.6 Å². The van der Waals surface area contributed by atoms with Crippen LogP contribution in [-0.2, 0) is 13.0 Å². The number of benzene rings is 1. The number of aliphatic imine (C=N–C) groups is 1. The summed E-state index contributed by atoms with van der Waals surface area (Å²) in [6, 6.07) is 12.9. The van der Waals surface area contributed by atoms with E-state index in [-0.39, 0.29) is 24.0 Å². The van der Waals surface area contributed by atoms with E-state index in [1.807, 2.05) is 13.2 Å². The SMILES string of the molecule is CN=C(NCc1ccnc(N2CCCCC2)c1)N1CCc2ccccc21.I. The third-order valence-electron chi connectivity index (χ3n) is 5.30. The lowest BCUT2D eigenvalue weighted by atomic mass is 10.1. The van der Waals surface area contributed by atoms with Gasteiger partial charge in [0.15, 0.2) is 5.96 Å². The lowest BCUT2D eigenvalue weighted by Crippen LogP contribution is -2.40. The number of fused-ring (bicyclic) bond motifs is 1. The highest BCUT2D eigenvalue weighted by Crippen LogP contribution is 2.27. The first-order valence-corrected chi connectivity index (χ1v) is 9.61. The molecule has 4 rings (SSSR count). The number of guanidine groups is 1. The number of anilines is 2. The Labute approximate surface area is 178 Å². The van der Waals surface area contributed by atoms with Crippen molar-refractivity contribution in [2.75, 3.05) is 36.5 Å².